The van der Waals surface area contributed by atoms with Gasteiger partial charge in [-0.3, -0.25) is 4.79 Å². The zero-order valence-corrected chi connectivity index (χ0v) is 17.6. The number of aromatic amines is 1. The number of rotatable bonds is 8. The summed E-state index contributed by atoms with van der Waals surface area (Å²) in [5, 5.41) is 3.15. The maximum Gasteiger partial charge on any atom is 0.226 e. The molecule has 3 aromatic carbocycles. The topological polar surface area (TPSA) is 53.9 Å². The summed E-state index contributed by atoms with van der Waals surface area (Å²) in [5.41, 5.74) is 5.39. The Kier molecular flexibility index (Phi) is 6.07. The second-order valence-electron chi connectivity index (χ2n) is 8.09. The molecule has 4 aromatic rings. The molecule has 0 amide bonds. The fourth-order valence-corrected chi connectivity index (χ4v) is 4.05. The standard InChI is InChI=1S/C26H27N3O/c1-29(2)18-21-13-7-6-12-20(21)16-28-25(19-10-4-3-5-11-19)26(30)23-17-27-24-15-9-8-14-22(23)24/h3-15,17,25,27-28H,16,18H2,1-2H3/p+2/t25-/m1/s1. The van der Waals surface area contributed by atoms with Crippen LogP contribution in [0.5, 0.6) is 0 Å². The molecule has 0 spiro atoms. The average molecular weight is 400 g/mol. The van der Waals surface area contributed by atoms with E-state index in [9.17, 15) is 4.79 Å². The number of H-pyrrole nitrogens is 1. The third-order valence-corrected chi connectivity index (χ3v) is 5.53. The van der Waals surface area contributed by atoms with Gasteiger partial charge in [0, 0.05) is 39.4 Å². The normalized spacial score (nSPS) is 12.4. The van der Waals surface area contributed by atoms with E-state index in [1.807, 2.05) is 60.8 Å². The number of benzene rings is 3. The molecule has 0 aliphatic heterocycles. The number of hydrogen-bond acceptors (Lipinski definition) is 1. The minimum absolute atomic E-state index is 0.134. The van der Waals surface area contributed by atoms with Gasteiger partial charge in [-0.1, -0.05) is 72.8 Å². The van der Waals surface area contributed by atoms with E-state index in [-0.39, 0.29) is 11.8 Å². The number of nitrogens with one attached hydrogen (secondary N) is 2. The van der Waals surface area contributed by atoms with E-state index in [1.165, 1.54) is 16.0 Å². The molecule has 0 radical (unpaired) electrons. The van der Waals surface area contributed by atoms with Gasteiger partial charge in [-0.15, -0.1) is 0 Å². The van der Waals surface area contributed by atoms with Crippen molar-refractivity contribution < 1.29 is 15.0 Å². The van der Waals surface area contributed by atoms with E-state index >= 15 is 0 Å². The van der Waals surface area contributed by atoms with Crippen molar-refractivity contribution in [2.45, 2.75) is 19.1 Å². The maximum atomic E-state index is 13.6. The van der Waals surface area contributed by atoms with Crippen LogP contribution >= 0.6 is 0 Å². The molecule has 1 heterocycles. The van der Waals surface area contributed by atoms with Crippen molar-refractivity contribution in [1.82, 2.24) is 4.98 Å². The quantitative estimate of drug-likeness (QED) is 0.392. The monoisotopic (exact) mass is 399 g/mol. The first-order chi connectivity index (χ1) is 14.6. The summed E-state index contributed by atoms with van der Waals surface area (Å²) in [6.07, 6.45) is 1.85. The summed E-state index contributed by atoms with van der Waals surface area (Å²) < 4.78 is 0. The Bertz CT molecular complexity index is 1130. The molecule has 152 valence electrons. The van der Waals surface area contributed by atoms with Gasteiger partial charge in [0.05, 0.1) is 14.1 Å². The Hall–Kier alpha value is -3.21. The van der Waals surface area contributed by atoms with Gasteiger partial charge in [0.25, 0.3) is 0 Å². The van der Waals surface area contributed by atoms with Gasteiger partial charge < -0.3 is 15.2 Å². The Labute approximate surface area is 177 Å². The van der Waals surface area contributed by atoms with Crippen LogP contribution in [0.3, 0.4) is 0 Å². The lowest BCUT2D eigenvalue weighted by Gasteiger charge is -2.17. The number of fused-ring (bicyclic) bond motifs is 1. The number of hydrogen-bond donors (Lipinski definition) is 3. The van der Waals surface area contributed by atoms with Crippen molar-refractivity contribution >= 4 is 16.7 Å². The van der Waals surface area contributed by atoms with Gasteiger partial charge >= 0.3 is 0 Å². The molecule has 1 atom stereocenters. The summed E-state index contributed by atoms with van der Waals surface area (Å²) in [5.74, 6) is 0.134. The molecule has 30 heavy (non-hydrogen) atoms. The lowest BCUT2D eigenvalue weighted by atomic mass is 9.96. The first kappa shape index (κ1) is 20.1. The molecule has 0 unspecified atom stereocenters. The predicted octanol–water partition coefficient (Wildman–Crippen LogP) is 2.50. The molecule has 4 nitrogen and oxygen atoms in total. The summed E-state index contributed by atoms with van der Waals surface area (Å²) in [6.45, 7) is 1.73. The Morgan fingerprint density at radius 2 is 1.57 bits per heavy atom. The largest absolute Gasteiger partial charge is 0.360 e. The van der Waals surface area contributed by atoms with Crippen molar-refractivity contribution in [3.8, 4) is 0 Å². The molecule has 0 saturated carbocycles. The average Bonchev–Trinajstić information content (AvgIpc) is 3.19. The Morgan fingerprint density at radius 3 is 2.33 bits per heavy atom. The van der Waals surface area contributed by atoms with E-state index in [0.29, 0.717) is 0 Å². The minimum Gasteiger partial charge on any atom is -0.360 e. The van der Waals surface area contributed by atoms with Crippen LogP contribution in [-0.4, -0.2) is 24.9 Å². The highest BCUT2D eigenvalue weighted by atomic mass is 16.1. The molecule has 0 aliphatic rings. The molecule has 0 saturated heterocycles. The number of quaternary nitrogens is 2. The molecule has 0 bridgehead atoms. The first-order valence-electron chi connectivity index (χ1n) is 10.5. The van der Waals surface area contributed by atoms with Gasteiger partial charge in [-0.05, 0) is 6.07 Å². The van der Waals surface area contributed by atoms with E-state index < -0.39 is 0 Å². The van der Waals surface area contributed by atoms with E-state index in [4.69, 9.17) is 0 Å². The third kappa shape index (κ3) is 4.35. The third-order valence-electron chi connectivity index (χ3n) is 5.53. The van der Waals surface area contributed by atoms with Crippen LogP contribution in [0, 0.1) is 0 Å². The molecular weight excluding hydrogens is 370 g/mol. The van der Waals surface area contributed by atoms with Crippen LogP contribution in [0.2, 0.25) is 0 Å². The van der Waals surface area contributed by atoms with Gasteiger partial charge in [-0.2, -0.15) is 0 Å². The maximum absolute atomic E-state index is 13.6. The van der Waals surface area contributed by atoms with Crippen LogP contribution in [0.15, 0.2) is 85.1 Å². The molecule has 4 heteroatoms. The summed E-state index contributed by atoms with van der Waals surface area (Å²) >= 11 is 0. The molecule has 4 N–H and O–H groups in total. The van der Waals surface area contributed by atoms with Crippen molar-refractivity contribution in [3.05, 3.63) is 107 Å². The smallest absolute Gasteiger partial charge is 0.226 e. The van der Waals surface area contributed by atoms with Crippen molar-refractivity contribution in [1.29, 1.82) is 0 Å². The predicted molar refractivity (Wildman–Crippen MR) is 120 cm³/mol. The summed E-state index contributed by atoms with van der Waals surface area (Å²) in [7, 11) is 4.32. The van der Waals surface area contributed by atoms with Crippen LogP contribution in [0.25, 0.3) is 10.9 Å². The molecule has 0 fully saturated rings. The molecule has 1 aromatic heterocycles. The Morgan fingerprint density at radius 1 is 0.900 bits per heavy atom. The SMILES string of the molecule is C[NH+](C)Cc1ccccc1C[NH2+][C@@H](C(=O)c1c[nH]c2ccccc12)c1ccccc1. The van der Waals surface area contributed by atoms with Crippen molar-refractivity contribution in [2.24, 2.45) is 0 Å². The van der Waals surface area contributed by atoms with Gasteiger partial charge in [0.15, 0.2) is 6.04 Å². The number of Topliss-reactive ketones (excluding diaryl/α,β-unsaturated/α-hetero) is 1. The van der Waals surface area contributed by atoms with E-state index in [2.05, 4.69) is 48.7 Å². The van der Waals surface area contributed by atoms with Crippen molar-refractivity contribution in [2.75, 3.05) is 14.1 Å². The fourth-order valence-electron chi connectivity index (χ4n) is 4.05. The highest BCUT2D eigenvalue weighted by Crippen LogP contribution is 2.23. The van der Waals surface area contributed by atoms with Crippen LogP contribution in [-0.2, 0) is 13.1 Å². The van der Waals surface area contributed by atoms with Crippen LogP contribution in [0.4, 0.5) is 0 Å². The molecule has 4 rings (SSSR count). The molecular formula is C26H29N3O+2. The van der Waals surface area contributed by atoms with Gasteiger partial charge in [-0.25, -0.2) is 0 Å². The number of ketones is 1. The molecule has 0 aliphatic carbocycles. The first-order valence-corrected chi connectivity index (χ1v) is 10.5. The lowest BCUT2D eigenvalue weighted by Crippen LogP contribution is -3.04. The number of nitrogens with two attached hydrogens (primary N) is 1. The van der Waals surface area contributed by atoms with E-state index in [0.717, 1.165) is 35.1 Å². The van der Waals surface area contributed by atoms with Gasteiger partial charge in [0.2, 0.25) is 5.78 Å². The second kappa shape index (κ2) is 9.08. The number of aromatic nitrogens is 1. The second-order valence-corrected chi connectivity index (χ2v) is 8.09. The van der Waals surface area contributed by atoms with E-state index in [1.54, 1.807) is 0 Å². The number of carbonyl (C=O) groups is 1. The van der Waals surface area contributed by atoms with Crippen LogP contribution in [0.1, 0.15) is 33.1 Å². The highest BCUT2D eigenvalue weighted by Gasteiger charge is 2.27. The van der Waals surface area contributed by atoms with Gasteiger partial charge in [0.1, 0.15) is 13.1 Å². The lowest BCUT2D eigenvalue weighted by molar-refractivity contribution is -0.872. The zero-order valence-electron chi connectivity index (χ0n) is 17.6. The Balaban J connectivity index is 1.64. The minimum atomic E-state index is -0.287. The summed E-state index contributed by atoms with van der Waals surface area (Å²) in [4.78, 5) is 18.3. The number of para-hydroxylation sites is 1. The fraction of sp³-hybridized carbons (Fsp3) is 0.192. The zero-order chi connectivity index (χ0) is 20.9. The van der Waals surface area contributed by atoms with Crippen molar-refractivity contribution in [3.63, 3.8) is 0 Å². The number of carbonyl (C=O) groups excluding carboxylic acids is 1. The summed E-state index contributed by atoms with van der Waals surface area (Å²) in [6, 6.07) is 26.3. The highest BCUT2D eigenvalue weighted by molar-refractivity contribution is 6.09. The van der Waals surface area contributed by atoms with Crippen LogP contribution < -0.4 is 10.2 Å².